The van der Waals surface area contributed by atoms with Gasteiger partial charge in [-0.3, -0.25) is 4.79 Å². The largest absolute Gasteiger partial charge is 0.378 e. The van der Waals surface area contributed by atoms with Gasteiger partial charge in [-0.25, -0.2) is 17.7 Å². The van der Waals surface area contributed by atoms with Crippen LogP contribution in [0.25, 0.3) is 10.2 Å². The molecule has 176 valence electrons. The molecule has 10 heteroatoms. The van der Waals surface area contributed by atoms with Crippen molar-refractivity contribution in [2.45, 2.75) is 17.7 Å². The Kier molecular flexibility index (Phi) is 7.28. The van der Waals surface area contributed by atoms with Crippen molar-refractivity contribution in [2.75, 3.05) is 51.8 Å². The smallest absolute Gasteiger partial charge is 0.253 e. The number of anilines is 1. The number of carbonyl (C=O) groups is 1. The van der Waals surface area contributed by atoms with Crippen LogP contribution < -0.4 is 10.2 Å². The molecule has 8 nitrogen and oxygen atoms in total. The van der Waals surface area contributed by atoms with Gasteiger partial charge in [-0.2, -0.15) is 0 Å². The first-order valence-corrected chi connectivity index (χ1v) is 13.1. The van der Waals surface area contributed by atoms with E-state index in [1.54, 1.807) is 23.5 Å². The van der Waals surface area contributed by atoms with Crippen molar-refractivity contribution < 1.29 is 17.9 Å². The lowest BCUT2D eigenvalue weighted by atomic mass is 10.1. The van der Waals surface area contributed by atoms with Crippen molar-refractivity contribution in [1.82, 2.24) is 14.6 Å². The van der Waals surface area contributed by atoms with Crippen molar-refractivity contribution >= 4 is 43.2 Å². The number of benzene rings is 2. The van der Waals surface area contributed by atoms with Crippen LogP contribution in [0.15, 0.2) is 47.4 Å². The zero-order valence-corrected chi connectivity index (χ0v) is 20.4. The van der Waals surface area contributed by atoms with Crippen LogP contribution in [0.4, 0.5) is 5.69 Å². The molecule has 1 N–H and O–H groups in total. The maximum Gasteiger partial charge on any atom is 0.253 e. The number of morpholine rings is 1. The normalized spacial score (nSPS) is 14.7. The first-order chi connectivity index (χ1) is 15.9. The topological polar surface area (TPSA) is 91.8 Å². The molecule has 1 aliphatic rings. The van der Waals surface area contributed by atoms with Crippen molar-refractivity contribution in [1.29, 1.82) is 0 Å². The van der Waals surface area contributed by atoms with E-state index in [9.17, 15) is 13.2 Å². The van der Waals surface area contributed by atoms with E-state index in [4.69, 9.17) is 4.74 Å². The van der Waals surface area contributed by atoms with Gasteiger partial charge in [0.15, 0.2) is 0 Å². The number of carbonyl (C=O) groups excluding carboxylic acids is 1. The number of nitrogens with zero attached hydrogens (tertiary/aromatic N) is 3. The van der Waals surface area contributed by atoms with E-state index >= 15 is 0 Å². The standard InChI is InChI=1S/C23H28N4O4S2/c1-26(2)33(29,30)17-9-10-20(27-12-14-31-15-13-27)18(16-17)23(28)24-11-5-8-22-25-19-6-3-4-7-21(19)32-22/h3-4,6-7,9-10,16H,5,8,11-15H2,1-2H3,(H,24,28). The Balaban J connectivity index is 1.47. The summed E-state index contributed by atoms with van der Waals surface area (Å²) in [4.78, 5) is 19.9. The highest BCUT2D eigenvalue weighted by atomic mass is 32.2. The third kappa shape index (κ3) is 5.35. The molecule has 1 aromatic heterocycles. The molecular weight excluding hydrogens is 460 g/mol. The van der Waals surface area contributed by atoms with Crippen LogP contribution in [0.3, 0.4) is 0 Å². The second kappa shape index (κ2) is 10.2. The lowest BCUT2D eigenvalue weighted by Crippen LogP contribution is -2.38. The van der Waals surface area contributed by atoms with Gasteiger partial charge in [-0.05, 0) is 36.8 Å². The predicted molar refractivity (Wildman–Crippen MR) is 131 cm³/mol. The van der Waals surface area contributed by atoms with Crippen LogP contribution in [0.1, 0.15) is 21.8 Å². The SMILES string of the molecule is CN(C)S(=O)(=O)c1ccc(N2CCOCC2)c(C(=O)NCCCc2nc3ccccc3s2)c1. The first-order valence-electron chi connectivity index (χ1n) is 10.9. The summed E-state index contributed by atoms with van der Waals surface area (Å²) in [5, 5.41) is 4.00. The summed E-state index contributed by atoms with van der Waals surface area (Å²) in [7, 11) is -0.693. The van der Waals surface area contributed by atoms with Crippen LogP contribution >= 0.6 is 11.3 Å². The maximum absolute atomic E-state index is 13.1. The van der Waals surface area contributed by atoms with E-state index in [0.717, 1.165) is 38.1 Å². The third-order valence-corrected chi connectivity index (χ3v) is 8.44. The highest BCUT2D eigenvalue weighted by molar-refractivity contribution is 7.89. The van der Waals surface area contributed by atoms with E-state index < -0.39 is 10.0 Å². The molecule has 1 aliphatic heterocycles. The van der Waals surface area contributed by atoms with E-state index in [1.807, 2.05) is 18.2 Å². The number of para-hydroxylation sites is 1. The quantitative estimate of drug-likeness (QED) is 0.490. The Morgan fingerprint density at radius 3 is 2.67 bits per heavy atom. The molecule has 2 heterocycles. The summed E-state index contributed by atoms with van der Waals surface area (Å²) in [6.45, 7) is 2.92. The average Bonchev–Trinajstić information content (AvgIpc) is 3.24. The Morgan fingerprint density at radius 2 is 1.94 bits per heavy atom. The molecule has 1 saturated heterocycles. The van der Waals surface area contributed by atoms with Crippen LogP contribution in [0, 0.1) is 0 Å². The fourth-order valence-electron chi connectivity index (χ4n) is 3.71. The molecule has 0 spiro atoms. The Hall–Kier alpha value is -2.53. The molecule has 4 rings (SSSR count). The molecular formula is C23H28N4O4S2. The lowest BCUT2D eigenvalue weighted by Gasteiger charge is -2.30. The van der Waals surface area contributed by atoms with Gasteiger partial charge in [0.1, 0.15) is 0 Å². The van der Waals surface area contributed by atoms with Crippen molar-refractivity contribution in [3.63, 3.8) is 0 Å². The molecule has 3 aromatic rings. The first kappa shape index (κ1) is 23.6. The number of nitrogens with one attached hydrogen (secondary N) is 1. The number of aryl methyl sites for hydroxylation is 1. The number of hydrogen-bond acceptors (Lipinski definition) is 7. The molecule has 1 amide bonds. The zero-order chi connectivity index (χ0) is 23.4. The summed E-state index contributed by atoms with van der Waals surface area (Å²) in [6.07, 6.45) is 1.51. The fraction of sp³-hybridized carbons (Fsp3) is 0.391. The number of ether oxygens (including phenoxy) is 1. The minimum atomic E-state index is -3.65. The van der Waals surface area contributed by atoms with Gasteiger partial charge in [0, 0.05) is 45.8 Å². The number of sulfonamides is 1. The number of aromatic nitrogens is 1. The van der Waals surface area contributed by atoms with Gasteiger partial charge in [0.2, 0.25) is 10.0 Å². The number of thiazole rings is 1. The lowest BCUT2D eigenvalue weighted by molar-refractivity contribution is 0.0951. The molecule has 0 radical (unpaired) electrons. The van der Waals surface area contributed by atoms with Gasteiger partial charge >= 0.3 is 0 Å². The van der Waals surface area contributed by atoms with Crippen LogP contribution in [0.2, 0.25) is 0 Å². The van der Waals surface area contributed by atoms with Crippen LogP contribution in [-0.4, -0.2) is 70.6 Å². The molecule has 1 fully saturated rings. The van der Waals surface area contributed by atoms with Crippen molar-refractivity contribution in [2.24, 2.45) is 0 Å². The second-order valence-corrected chi connectivity index (χ2v) is 11.3. The number of hydrogen-bond donors (Lipinski definition) is 1. The van der Waals surface area contributed by atoms with E-state index in [0.29, 0.717) is 38.4 Å². The highest BCUT2D eigenvalue weighted by Crippen LogP contribution is 2.26. The molecule has 0 aliphatic carbocycles. The van der Waals surface area contributed by atoms with E-state index in [-0.39, 0.29) is 10.8 Å². The predicted octanol–water partition coefficient (Wildman–Crippen LogP) is 2.75. The Morgan fingerprint density at radius 1 is 1.18 bits per heavy atom. The summed E-state index contributed by atoms with van der Waals surface area (Å²) < 4.78 is 33.0. The minimum Gasteiger partial charge on any atom is -0.378 e. The van der Waals surface area contributed by atoms with Gasteiger partial charge in [-0.15, -0.1) is 11.3 Å². The fourth-order valence-corrected chi connectivity index (χ4v) is 5.65. The number of rotatable bonds is 8. The molecule has 0 unspecified atom stereocenters. The van der Waals surface area contributed by atoms with Crippen molar-refractivity contribution in [3.8, 4) is 0 Å². The summed E-state index contributed by atoms with van der Waals surface area (Å²) in [5.41, 5.74) is 2.08. The minimum absolute atomic E-state index is 0.101. The van der Waals surface area contributed by atoms with Crippen LogP contribution in [0.5, 0.6) is 0 Å². The van der Waals surface area contributed by atoms with Crippen LogP contribution in [-0.2, 0) is 21.2 Å². The zero-order valence-electron chi connectivity index (χ0n) is 18.8. The second-order valence-electron chi connectivity index (χ2n) is 8.00. The maximum atomic E-state index is 13.1. The third-order valence-electron chi connectivity index (χ3n) is 5.53. The summed E-state index contributed by atoms with van der Waals surface area (Å²) in [6, 6.07) is 12.8. The van der Waals surface area contributed by atoms with Gasteiger partial charge in [-0.1, -0.05) is 12.1 Å². The molecule has 2 aromatic carbocycles. The molecule has 33 heavy (non-hydrogen) atoms. The van der Waals surface area contributed by atoms with Crippen molar-refractivity contribution in [3.05, 3.63) is 53.0 Å². The Labute approximate surface area is 198 Å². The summed E-state index contributed by atoms with van der Waals surface area (Å²) >= 11 is 1.67. The monoisotopic (exact) mass is 488 g/mol. The molecule has 0 bridgehead atoms. The highest BCUT2D eigenvalue weighted by Gasteiger charge is 2.24. The van der Waals surface area contributed by atoms with Gasteiger partial charge in [0.25, 0.3) is 5.91 Å². The average molecular weight is 489 g/mol. The van der Waals surface area contributed by atoms with Gasteiger partial charge < -0.3 is 15.0 Å². The number of amides is 1. The summed E-state index contributed by atoms with van der Waals surface area (Å²) in [5.74, 6) is -0.281. The van der Waals surface area contributed by atoms with Gasteiger partial charge in [0.05, 0.1) is 38.9 Å². The number of fused-ring (bicyclic) bond motifs is 1. The van der Waals surface area contributed by atoms with E-state index in [1.165, 1.54) is 20.2 Å². The van der Waals surface area contributed by atoms with E-state index in [2.05, 4.69) is 21.3 Å². The molecule has 0 saturated carbocycles. The molecule has 0 atom stereocenters. The Bertz CT molecular complexity index is 1200.